The lowest BCUT2D eigenvalue weighted by molar-refractivity contribution is 1.27. The molecule has 0 fully saturated rings. The lowest BCUT2D eigenvalue weighted by atomic mass is 10.1. The molecular weight excluding hydrogens is 192 g/mol. The SMILES string of the molecule is Cc1c(S)cccc1C(=N)N.Cl. The molecule has 0 saturated heterocycles. The van der Waals surface area contributed by atoms with Crippen LogP contribution in [0.25, 0.3) is 0 Å². The maximum atomic E-state index is 7.22. The summed E-state index contributed by atoms with van der Waals surface area (Å²) < 4.78 is 0. The van der Waals surface area contributed by atoms with Gasteiger partial charge in [0.1, 0.15) is 5.84 Å². The van der Waals surface area contributed by atoms with Crippen LogP contribution >= 0.6 is 25.0 Å². The third kappa shape index (κ3) is 2.16. The van der Waals surface area contributed by atoms with Crippen molar-refractivity contribution in [3.05, 3.63) is 29.3 Å². The fourth-order valence-corrected chi connectivity index (χ4v) is 1.12. The first-order chi connectivity index (χ1) is 5.13. The van der Waals surface area contributed by atoms with Crippen LogP contribution in [0.15, 0.2) is 23.1 Å². The summed E-state index contributed by atoms with van der Waals surface area (Å²) in [5.74, 6) is 0.0957. The maximum Gasteiger partial charge on any atom is 0.123 e. The maximum absolute atomic E-state index is 7.22. The van der Waals surface area contributed by atoms with Gasteiger partial charge in [0.05, 0.1) is 0 Å². The van der Waals surface area contributed by atoms with Gasteiger partial charge in [0, 0.05) is 10.5 Å². The molecule has 0 aromatic heterocycles. The number of nitrogens with two attached hydrogens (primary N) is 1. The van der Waals surface area contributed by atoms with Gasteiger partial charge >= 0.3 is 0 Å². The van der Waals surface area contributed by atoms with Crippen molar-refractivity contribution >= 4 is 30.9 Å². The molecule has 12 heavy (non-hydrogen) atoms. The zero-order valence-corrected chi connectivity index (χ0v) is 8.38. The highest BCUT2D eigenvalue weighted by Crippen LogP contribution is 2.15. The molecule has 3 N–H and O–H groups in total. The second-order valence-electron chi connectivity index (χ2n) is 2.36. The van der Waals surface area contributed by atoms with E-state index in [9.17, 15) is 0 Å². The molecule has 1 aromatic rings. The van der Waals surface area contributed by atoms with E-state index in [-0.39, 0.29) is 18.2 Å². The molecule has 0 aliphatic carbocycles. The van der Waals surface area contributed by atoms with Crippen molar-refractivity contribution in [1.82, 2.24) is 0 Å². The van der Waals surface area contributed by atoms with Crippen LogP contribution in [0.1, 0.15) is 11.1 Å². The van der Waals surface area contributed by atoms with Gasteiger partial charge in [0.25, 0.3) is 0 Å². The van der Waals surface area contributed by atoms with Crippen molar-refractivity contribution in [2.45, 2.75) is 11.8 Å². The van der Waals surface area contributed by atoms with Crippen LogP contribution in [-0.2, 0) is 0 Å². The molecule has 4 heteroatoms. The van der Waals surface area contributed by atoms with Crippen molar-refractivity contribution in [2.75, 3.05) is 0 Å². The molecule has 0 heterocycles. The topological polar surface area (TPSA) is 49.9 Å². The molecule has 0 unspecified atom stereocenters. The van der Waals surface area contributed by atoms with Crippen LogP contribution in [0.2, 0.25) is 0 Å². The summed E-state index contributed by atoms with van der Waals surface area (Å²) in [6.45, 7) is 1.90. The summed E-state index contributed by atoms with van der Waals surface area (Å²) in [6, 6.07) is 5.54. The van der Waals surface area contributed by atoms with Gasteiger partial charge in [-0.25, -0.2) is 0 Å². The average molecular weight is 203 g/mol. The smallest absolute Gasteiger partial charge is 0.123 e. The lowest BCUT2D eigenvalue weighted by Gasteiger charge is -2.04. The Bertz CT molecular complexity index is 299. The Kier molecular flexibility index (Phi) is 4.13. The van der Waals surface area contributed by atoms with Gasteiger partial charge in [-0.05, 0) is 18.6 Å². The van der Waals surface area contributed by atoms with E-state index in [2.05, 4.69) is 12.6 Å². The number of hydrogen-bond acceptors (Lipinski definition) is 2. The molecule has 1 rings (SSSR count). The predicted octanol–water partition coefficient (Wildman–Crippen LogP) is 1.99. The number of nitrogens with one attached hydrogen (secondary N) is 1. The highest BCUT2D eigenvalue weighted by Gasteiger charge is 2.01. The van der Waals surface area contributed by atoms with E-state index >= 15 is 0 Å². The van der Waals surface area contributed by atoms with Crippen molar-refractivity contribution < 1.29 is 0 Å². The zero-order chi connectivity index (χ0) is 8.43. The fourth-order valence-electron chi connectivity index (χ4n) is 0.915. The molecule has 0 aliphatic heterocycles. The number of hydrogen-bond donors (Lipinski definition) is 3. The van der Waals surface area contributed by atoms with Crippen LogP contribution in [0.3, 0.4) is 0 Å². The van der Waals surface area contributed by atoms with Gasteiger partial charge in [-0.2, -0.15) is 0 Å². The normalized spacial score (nSPS) is 8.83. The van der Waals surface area contributed by atoms with E-state index in [0.29, 0.717) is 0 Å². The predicted molar refractivity (Wildman–Crippen MR) is 56.7 cm³/mol. The number of halogens is 1. The van der Waals surface area contributed by atoms with E-state index < -0.39 is 0 Å². The highest BCUT2D eigenvalue weighted by atomic mass is 35.5. The minimum Gasteiger partial charge on any atom is -0.384 e. The molecule has 0 amide bonds. The summed E-state index contributed by atoms with van der Waals surface area (Å²) in [5.41, 5.74) is 7.06. The monoisotopic (exact) mass is 202 g/mol. The van der Waals surface area contributed by atoms with Gasteiger partial charge in [-0.1, -0.05) is 12.1 Å². The Hall–Kier alpha value is -0.670. The molecule has 0 spiro atoms. The molecule has 0 aliphatic rings. The molecule has 66 valence electrons. The van der Waals surface area contributed by atoms with E-state index in [1.54, 1.807) is 0 Å². The summed E-state index contributed by atoms with van der Waals surface area (Å²) in [7, 11) is 0. The standard InChI is InChI=1S/C8H10N2S.ClH/c1-5-6(8(9)10)3-2-4-7(5)11;/h2-4,11H,1H3,(H3,9,10);1H. The molecular formula is C8H11ClN2S. The number of nitrogen functional groups attached to an aromatic ring is 1. The Morgan fingerprint density at radius 3 is 2.50 bits per heavy atom. The number of rotatable bonds is 1. The third-order valence-electron chi connectivity index (χ3n) is 1.60. The Morgan fingerprint density at radius 2 is 2.08 bits per heavy atom. The molecule has 0 atom stereocenters. The van der Waals surface area contributed by atoms with Crippen LogP contribution in [0.5, 0.6) is 0 Å². The summed E-state index contributed by atoms with van der Waals surface area (Å²) in [6.07, 6.45) is 0. The van der Waals surface area contributed by atoms with E-state index in [0.717, 1.165) is 16.0 Å². The Balaban J connectivity index is 0.00000121. The van der Waals surface area contributed by atoms with Crippen LogP contribution in [0, 0.1) is 12.3 Å². The largest absolute Gasteiger partial charge is 0.384 e. The fraction of sp³-hybridized carbons (Fsp3) is 0.125. The van der Waals surface area contributed by atoms with Gasteiger partial charge in [-0.3, -0.25) is 5.41 Å². The summed E-state index contributed by atoms with van der Waals surface area (Å²) >= 11 is 4.21. The molecule has 1 aromatic carbocycles. The number of benzene rings is 1. The Labute approximate surface area is 83.5 Å². The van der Waals surface area contributed by atoms with Crippen LogP contribution in [0.4, 0.5) is 0 Å². The summed E-state index contributed by atoms with van der Waals surface area (Å²) in [5, 5.41) is 7.22. The number of amidine groups is 1. The van der Waals surface area contributed by atoms with E-state index in [4.69, 9.17) is 11.1 Å². The van der Waals surface area contributed by atoms with Crippen molar-refractivity contribution in [3.8, 4) is 0 Å². The zero-order valence-electron chi connectivity index (χ0n) is 6.66. The third-order valence-corrected chi connectivity index (χ3v) is 2.08. The molecule has 0 radical (unpaired) electrons. The lowest BCUT2D eigenvalue weighted by Crippen LogP contribution is -2.12. The highest BCUT2D eigenvalue weighted by molar-refractivity contribution is 7.80. The minimum absolute atomic E-state index is 0. The molecule has 0 saturated carbocycles. The second kappa shape index (κ2) is 4.38. The summed E-state index contributed by atoms with van der Waals surface area (Å²) in [4.78, 5) is 0.873. The molecule has 0 bridgehead atoms. The quantitative estimate of drug-likeness (QED) is 0.364. The van der Waals surface area contributed by atoms with Crippen molar-refractivity contribution in [2.24, 2.45) is 5.73 Å². The van der Waals surface area contributed by atoms with E-state index in [1.165, 1.54) is 0 Å². The van der Waals surface area contributed by atoms with Gasteiger partial charge in [0.2, 0.25) is 0 Å². The van der Waals surface area contributed by atoms with Crippen molar-refractivity contribution in [3.63, 3.8) is 0 Å². The first kappa shape index (κ1) is 11.3. The van der Waals surface area contributed by atoms with E-state index in [1.807, 2.05) is 25.1 Å². The van der Waals surface area contributed by atoms with Crippen LogP contribution < -0.4 is 5.73 Å². The van der Waals surface area contributed by atoms with Gasteiger partial charge < -0.3 is 5.73 Å². The first-order valence-corrected chi connectivity index (χ1v) is 3.70. The minimum atomic E-state index is 0. The van der Waals surface area contributed by atoms with Crippen molar-refractivity contribution in [1.29, 1.82) is 5.41 Å². The number of thiol groups is 1. The Morgan fingerprint density at radius 1 is 1.50 bits per heavy atom. The van der Waals surface area contributed by atoms with Crippen LogP contribution in [-0.4, -0.2) is 5.84 Å². The second-order valence-corrected chi connectivity index (χ2v) is 2.85. The van der Waals surface area contributed by atoms with Gasteiger partial charge in [-0.15, -0.1) is 25.0 Å². The average Bonchev–Trinajstić information content (AvgIpc) is 1.94. The molecule has 2 nitrogen and oxygen atoms in total. The van der Waals surface area contributed by atoms with Gasteiger partial charge in [0.15, 0.2) is 0 Å². The first-order valence-electron chi connectivity index (χ1n) is 3.26.